The molecule has 0 aromatic heterocycles. The molecule has 0 saturated heterocycles. The Morgan fingerprint density at radius 3 is 2.33 bits per heavy atom. The molecule has 1 rings (SSSR count). The van der Waals surface area contributed by atoms with Crippen molar-refractivity contribution in [3.05, 3.63) is 35.6 Å². The SMILES string of the molecule is CC(Cc1ccc(F)cc1)NC(=O)[C@@H](N)C(C)C. The lowest BCUT2D eigenvalue weighted by Gasteiger charge is -2.19. The molecule has 3 nitrogen and oxygen atoms in total. The van der Waals surface area contributed by atoms with Gasteiger partial charge in [-0.05, 0) is 37.0 Å². The van der Waals surface area contributed by atoms with Crippen LogP contribution in [0.4, 0.5) is 4.39 Å². The van der Waals surface area contributed by atoms with Crippen molar-refractivity contribution in [3.8, 4) is 0 Å². The number of amides is 1. The summed E-state index contributed by atoms with van der Waals surface area (Å²) in [5.74, 6) is -0.278. The Bertz CT molecular complexity index is 389. The second kappa shape index (κ2) is 6.50. The van der Waals surface area contributed by atoms with Gasteiger partial charge in [0.2, 0.25) is 5.91 Å². The number of hydrogen-bond donors (Lipinski definition) is 2. The van der Waals surface area contributed by atoms with Gasteiger partial charge >= 0.3 is 0 Å². The van der Waals surface area contributed by atoms with E-state index in [-0.39, 0.29) is 23.7 Å². The van der Waals surface area contributed by atoms with Gasteiger partial charge in [-0.15, -0.1) is 0 Å². The molecule has 0 aliphatic rings. The van der Waals surface area contributed by atoms with E-state index in [0.29, 0.717) is 6.42 Å². The first-order valence-corrected chi connectivity index (χ1v) is 6.20. The predicted molar refractivity (Wildman–Crippen MR) is 70.5 cm³/mol. The average Bonchev–Trinajstić information content (AvgIpc) is 2.30. The minimum absolute atomic E-state index is 0.0206. The van der Waals surface area contributed by atoms with Crippen LogP contribution in [0.25, 0.3) is 0 Å². The molecule has 3 N–H and O–H groups in total. The van der Waals surface area contributed by atoms with Crippen molar-refractivity contribution in [2.75, 3.05) is 0 Å². The van der Waals surface area contributed by atoms with Crippen molar-refractivity contribution in [1.82, 2.24) is 5.32 Å². The van der Waals surface area contributed by atoms with E-state index in [1.807, 2.05) is 20.8 Å². The standard InChI is InChI=1S/C14H21FN2O/c1-9(2)13(16)14(18)17-10(3)8-11-4-6-12(15)7-5-11/h4-7,9-10,13H,8,16H2,1-3H3,(H,17,18)/t10?,13-/m0/s1. The summed E-state index contributed by atoms with van der Waals surface area (Å²) in [7, 11) is 0. The second-order valence-corrected chi connectivity index (χ2v) is 5.01. The molecular weight excluding hydrogens is 231 g/mol. The fourth-order valence-corrected chi connectivity index (χ4v) is 1.67. The molecular formula is C14H21FN2O. The van der Waals surface area contributed by atoms with Crippen LogP contribution >= 0.6 is 0 Å². The molecule has 0 saturated carbocycles. The van der Waals surface area contributed by atoms with E-state index >= 15 is 0 Å². The lowest BCUT2D eigenvalue weighted by Crippen LogP contribution is -2.47. The zero-order valence-electron chi connectivity index (χ0n) is 11.1. The summed E-state index contributed by atoms with van der Waals surface area (Å²) in [6.07, 6.45) is 0.664. The fourth-order valence-electron chi connectivity index (χ4n) is 1.67. The van der Waals surface area contributed by atoms with Crippen LogP contribution in [0.5, 0.6) is 0 Å². The fraction of sp³-hybridized carbons (Fsp3) is 0.500. The van der Waals surface area contributed by atoms with Crippen molar-refractivity contribution in [2.24, 2.45) is 11.7 Å². The summed E-state index contributed by atoms with van der Waals surface area (Å²) >= 11 is 0. The summed E-state index contributed by atoms with van der Waals surface area (Å²) in [5, 5.41) is 2.87. The van der Waals surface area contributed by atoms with Crippen LogP contribution < -0.4 is 11.1 Å². The number of halogens is 1. The topological polar surface area (TPSA) is 55.1 Å². The third-order valence-corrected chi connectivity index (χ3v) is 2.86. The second-order valence-electron chi connectivity index (χ2n) is 5.01. The summed E-state index contributed by atoms with van der Waals surface area (Å²) in [6, 6.07) is 5.78. The lowest BCUT2D eigenvalue weighted by atomic mass is 10.0. The van der Waals surface area contributed by atoms with E-state index in [9.17, 15) is 9.18 Å². The summed E-state index contributed by atoms with van der Waals surface area (Å²) in [6.45, 7) is 5.73. The van der Waals surface area contributed by atoms with Gasteiger partial charge in [0.25, 0.3) is 0 Å². The molecule has 2 atom stereocenters. The molecule has 0 aliphatic heterocycles. The molecule has 0 bridgehead atoms. The maximum Gasteiger partial charge on any atom is 0.237 e. The minimum atomic E-state index is -0.485. The van der Waals surface area contributed by atoms with Gasteiger partial charge in [0.15, 0.2) is 0 Å². The monoisotopic (exact) mass is 252 g/mol. The smallest absolute Gasteiger partial charge is 0.237 e. The molecule has 100 valence electrons. The third kappa shape index (κ3) is 4.45. The predicted octanol–water partition coefficient (Wildman–Crippen LogP) is 1.86. The molecule has 18 heavy (non-hydrogen) atoms. The van der Waals surface area contributed by atoms with Crippen LogP contribution in [-0.4, -0.2) is 18.0 Å². The first kappa shape index (κ1) is 14.6. The molecule has 4 heteroatoms. The Kier molecular flexibility index (Phi) is 5.28. The Morgan fingerprint density at radius 2 is 1.83 bits per heavy atom. The van der Waals surface area contributed by atoms with Gasteiger partial charge in [-0.3, -0.25) is 4.79 Å². The highest BCUT2D eigenvalue weighted by Gasteiger charge is 2.18. The first-order chi connectivity index (χ1) is 8.40. The third-order valence-electron chi connectivity index (χ3n) is 2.86. The zero-order valence-corrected chi connectivity index (χ0v) is 11.1. The summed E-state index contributed by atoms with van der Waals surface area (Å²) in [5.41, 5.74) is 6.75. The number of nitrogens with two attached hydrogens (primary N) is 1. The molecule has 1 aromatic rings. The normalized spacial score (nSPS) is 14.3. The van der Waals surface area contributed by atoms with Gasteiger partial charge in [0.1, 0.15) is 5.82 Å². The van der Waals surface area contributed by atoms with E-state index < -0.39 is 6.04 Å². The van der Waals surface area contributed by atoms with Crippen molar-refractivity contribution in [2.45, 2.75) is 39.3 Å². The van der Waals surface area contributed by atoms with Gasteiger partial charge < -0.3 is 11.1 Å². The van der Waals surface area contributed by atoms with Gasteiger partial charge in [-0.1, -0.05) is 26.0 Å². The number of hydrogen-bond acceptors (Lipinski definition) is 2. The maximum absolute atomic E-state index is 12.7. The number of rotatable bonds is 5. The zero-order chi connectivity index (χ0) is 13.7. The maximum atomic E-state index is 12.7. The summed E-state index contributed by atoms with van der Waals surface area (Å²) in [4.78, 5) is 11.7. The molecule has 1 aromatic carbocycles. The van der Waals surface area contributed by atoms with Crippen molar-refractivity contribution in [1.29, 1.82) is 0 Å². The van der Waals surface area contributed by atoms with Crippen LogP contribution in [0.3, 0.4) is 0 Å². The van der Waals surface area contributed by atoms with E-state index in [4.69, 9.17) is 5.73 Å². The highest BCUT2D eigenvalue weighted by molar-refractivity contribution is 5.81. The van der Waals surface area contributed by atoms with E-state index in [1.165, 1.54) is 12.1 Å². The van der Waals surface area contributed by atoms with Crippen molar-refractivity contribution < 1.29 is 9.18 Å². The highest BCUT2D eigenvalue weighted by Crippen LogP contribution is 2.06. The van der Waals surface area contributed by atoms with E-state index in [0.717, 1.165) is 5.56 Å². The van der Waals surface area contributed by atoms with E-state index in [2.05, 4.69) is 5.32 Å². The van der Waals surface area contributed by atoms with Gasteiger partial charge in [0, 0.05) is 6.04 Å². The van der Waals surface area contributed by atoms with Crippen LogP contribution in [0, 0.1) is 11.7 Å². The molecule has 1 amide bonds. The molecule has 0 fully saturated rings. The Balaban J connectivity index is 2.49. The van der Waals surface area contributed by atoms with Gasteiger partial charge in [0.05, 0.1) is 6.04 Å². The van der Waals surface area contributed by atoms with Crippen LogP contribution in [0.2, 0.25) is 0 Å². The number of carbonyl (C=O) groups is 1. The Hall–Kier alpha value is -1.42. The van der Waals surface area contributed by atoms with E-state index in [1.54, 1.807) is 12.1 Å². The van der Waals surface area contributed by atoms with Gasteiger partial charge in [-0.25, -0.2) is 4.39 Å². The molecule has 0 radical (unpaired) electrons. The van der Waals surface area contributed by atoms with Crippen LogP contribution in [-0.2, 0) is 11.2 Å². The largest absolute Gasteiger partial charge is 0.352 e. The summed E-state index contributed by atoms with van der Waals surface area (Å²) < 4.78 is 12.7. The molecule has 0 aliphatic carbocycles. The van der Waals surface area contributed by atoms with Crippen LogP contribution in [0.15, 0.2) is 24.3 Å². The number of nitrogens with one attached hydrogen (secondary N) is 1. The Labute approximate surface area is 108 Å². The lowest BCUT2D eigenvalue weighted by molar-refractivity contribution is -0.123. The van der Waals surface area contributed by atoms with Gasteiger partial charge in [-0.2, -0.15) is 0 Å². The van der Waals surface area contributed by atoms with Crippen molar-refractivity contribution >= 4 is 5.91 Å². The molecule has 0 spiro atoms. The van der Waals surface area contributed by atoms with Crippen molar-refractivity contribution in [3.63, 3.8) is 0 Å². The Morgan fingerprint density at radius 1 is 1.28 bits per heavy atom. The highest BCUT2D eigenvalue weighted by atomic mass is 19.1. The number of carbonyl (C=O) groups excluding carboxylic acids is 1. The average molecular weight is 252 g/mol. The van der Waals surface area contributed by atoms with Crippen LogP contribution in [0.1, 0.15) is 26.3 Å². The molecule has 1 unspecified atom stereocenters. The molecule has 0 heterocycles. The number of benzene rings is 1. The first-order valence-electron chi connectivity index (χ1n) is 6.20. The quantitative estimate of drug-likeness (QED) is 0.840. The minimum Gasteiger partial charge on any atom is -0.352 e.